The SMILES string of the molecule is COc1ccc(Br)cc1CC(N)C1COC(C)C1. The summed E-state index contributed by atoms with van der Waals surface area (Å²) in [5, 5.41) is 0. The molecule has 1 aliphatic heterocycles. The second kappa shape index (κ2) is 6.04. The van der Waals surface area contributed by atoms with Crippen LogP contribution in [0.4, 0.5) is 0 Å². The lowest BCUT2D eigenvalue weighted by Crippen LogP contribution is -2.32. The number of ether oxygens (including phenoxy) is 2. The molecule has 4 heteroatoms. The summed E-state index contributed by atoms with van der Waals surface area (Å²) >= 11 is 3.49. The molecule has 1 fully saturated rings. The standard InChI is InChI=1S/C14H20BrNO2/c1-9-5-11(8-18-9)13(16)7-10-6-12(15)3-4-14(10)17-2/h3-4,6,9,11,13H,5,7-8,16H2,1-2H3. The second-order valence-electron chi connectivity index (χ2n) is 4.96. The van der Waals surface area contributed by atoms with Crippen LogP contribution in [0, 0.1) is 5.92 Å². The fourth-order valence-electron chi connectivity index (χ4n) is 2.48. The van der Waals surface area contributed by atoms with Gasteiger partial charge in [0, 0.05) is 16.4 Å². The Morgan fingerprint density at radius 1 is 1.56 bits per heavy atom. The van der Waals surface area contributed by atoms with Gasteiger partial charge in [-0.15, -0.1) is 0 Å². The van der Waals surface area contributed by atoms with Gasteiger partial charge in [-0.1, -0.05) is 15.9 Å². The summed E-state index contributed by atoms with van der Waals surface area (Å²) in [5.74, 6) is 1.35. The van der Waals surface area contributed by atoms with Crippen LogP contribution in [0.5, 0.6) is 5.75 Å². The van der Waals surface area contributed by atoms with Crippen molar-refractivity contribution in [3.8, 4) is 5.75 Å². The minimum atomic E-state index is 0.123. The van der Waals surface area contributed by atoms with Crippen LogP contribution >= 0.6 is 15.9 Å². The molecule has 1 aliphatic rings. The number of rotatable bonds is 4. The zero-order valence-corrected chi connectivity index (χ0v) is 12.4. The van der Waals surface area contributed by atoms with Crippen molar-refractivity contribution in [2.24, 2.45) is 11.7 Å². The van der Waals surface area contributed by atoms with Gasteiger partial charge in [-0.25, -0.2) is 0 Å². The van der Waals surface area contributed by atoms with Crippen molar-refractivity contribution in [3.05, 3.63) is 28.2 Å². The molecule has 1 saturated heterocycles. The van der Waals surface area contributed by atoms with E-state index in [1.807, 2.05) is 12.1 Å². The lowest BCUT2D eigenvalue weighted by Gasteiger charge is -2.19. The lowest BCUT2D eigenvalue weighted by atomic mass is 9.92. The average molecular weight is 314 g/mol. The Morgan fingerprint density at radius 2 is 2.33 bits per heavy atom. The van der Waals surface area contributed by atoms with Gasteiger partial charge in [-0.05, 0) is 43.5 Å². The van der Waals surface area contributed by atoms with Crippen molar-refractivity contribution in [3.63, 3.8) is 0 Å². The van der Waals surface area contributed by atoms with Crippen molar-refractivity contribution in [2.45, 2.75) is 31.9 Å². The van der Waals surface area contributed by atoms with Gasteiger partial charge in [0.1, 0.15) is 5.75 Å². The quantitative estimate of drug-likeness (QED) is 0.929. The van der Waals surface area contributed by atoms with E-state index in [4.69, 9.17) is 15.2 Å². The van der Waals surface area contributed by atoms with Crippen LogP contribution in [0.25, 0.3) is 0 Å². The third-order valence-corrected chi connectivity index (χ3v) is 4.03. The van der Waals surface area contributed by atoms with Gasteiger partial charge in [0.05, 0.1) is 19.8 Å². The predicted octanol–water partition coefficient (Wildman–Crippen LogP) is 2.75. The molecular formula is C14H20BrNO2. The van der Waals surface area contributed by atoms with Crippen molar-refractivity contribution in [2.75, 3.05) is 13.7 Å². The van der Waals surface area contributed by atoms with E-state index >= 15 is 0 Å². The molecule has 0 spiro atoms. The molecule has 0 amide bonds. The molecule has 0 aliphatic carbocycles. The van der Waals surface area contributed by atoms with Gasteiger partial charge in [-0.2, -0.15) is 0 Å². The molecular weight excluding hydrogens is 294 g/mol. The normalized spacial score (nSPS) is 25.1. The van der Waals surface area contributed by atoms with Crippen LogP contribution in [0.3, 0.4) is 0 Å². The van der Waals surface area contributed by atoms with Crippen LogP contribution in [-0.4, -0.2) is 25.9 Å². The maximum atomic E-state index is 6.30. The number of methoxy groups -OCH3 is 1. The van der Waals surface area contributed by atoms with E-state index in [1.54, 1.807) is 7.11 Å². The van der Waals surface area contributed by atoms with Crippen LogP contribution < -0.4 is 10.5 Å². The van der Waals surface area contributed by atoms with Crippen LogP contribution in [-0.2, 0) is 11.2 Å². The maximum Gasteiger partial charge on any atom is 0.122 e. The number of hydrogen-bond acceptors (Lipinski definition) is 3. The summed E-state index contributed by atoms with van der Waals surface area (Å²) in [6.07, 6.45) is 2.21. The summed E-state index contributed by atoms with van der Waals surface area (Å²) in [7, 11) is 1.69. The molecule has 0 aromatic heterocycles. The highest BCUT2D eigenvalue weighted by Gasteiger charge is 2.27. The minimum Gasteiger partial charge on any atom is -0.496 e. The molecule has 1 aromatic carbocycles. The van der Waals surface area contributed by atoms with E-state index in [9.17, 15) is 0 Å². The summed E-state index contributed by atoms with van der Waals surface area (Å²) in [6.45, 7) is 2.88. The zero-order valence-electron chi connectivity index (χ0n) is 10.9. The first kappa shape index (κ1) is 13.8. The van der Waals surface area contributed by atoms with Gasteiger partial charge in [0.2, 0.25) is 0 Å². The molecule has 3 unspecified atom stereocenters. The van der Waals surface area contributed by atoms with Gasteiger partial charge in [0.15, 0.2) is 0 Å². The Labute approximate surface area is 117 Å². The zero-order chi connectivity index (χ0) is 13.1. The summed E-state index contributed by atoms with van der Waals surface area (Å²) in [4.78, 5) is 0. The van der Waals surface area contributed by atoms with E-state index in [1.165, 1.54) is 0 Å². The minimum absolute atomic E-state index is 0.123. The molecule has 1 aromatic rings. The lowest BCUT2D eigenvalue weighted by molar-refractivity contribution is 0.118. The predicted molar refractivity (Wildman–Crippen MR) is 75.9 cm³/mol. The monoisotopic (exact) mass is 313 g/mol. The number of halogens is 1. The molecule has 3 nitrogen and oxygen atoms in total. The highest BCUT2D eigenvalue weighted by atomic mass is 79.9. The second-order valence-corrected chi connectivity index (χ2v) is 5.88. The Hall–Kier alpha value is -0.580. The third-order valence-electron chi connectivity index (χ3n) is 3.53. The van der Waals surface area contributed by atoms with E-state index < -0.39 is 0 Å². The molecule has 1 heterocycles. The molecule has 0 radical (unpaired) electrons. The summed E-state index contributed by atoms with van der Waals surface area (Å²) in [5.41, 5.74) is 7.45. The molecule has 0 bridgehead atoms. The van der Waals surface area contributed by atoms with Crippen molar-refractivity contribution in [1.29, 1.82) is 0 Å². The van der Waals surface area contributed by atoms with E-state index in [0.29, 0.717) is 12.0 Å². The summed E-state index contributed by atoms with van der Waals surface area (Å²) in [6, 6.07) is 6.16. The Bertz CT molecular complexity index is 411. The van der Waals surface area contributed by atoms with Crippen molar-refractivity contribution < 1.29 is 9.47 Å². The first-order valence-electron chi connectivity index (χ1n) is 6.29. The van der Waals surface area contributed by atoms with Crippen molar-refractivity contribution in [1.82, 2.24) is 0 Å². The third kappa shape index (κ3) is 3.25. The van der Waals surface area contributed by atoms with E-state index in [-0.39, 0.29) is 6.04 Å². The largest absolute Gasteiger partial charge is 0.496 e. The number of benzene rings is 1. The molecule has 0 saturated carbocycles. The maximum absolute atomic E-state index is 6.30. The van der Waals surface area contributed by atoms with Gasteiger partial charge in [-0.3, -0.25) is 0 Å². The Kier molecular flexibility index (Phi) is 4.65. The smallest absolute Gasteiger partial charge is 0.122 e. The van der Waals surface area contributed by atoms with E-state index in [0.717, 1.165) is 35.2 Å². The summed E-state index contributed by atoms with van der Waals surface area (Å²) < 4.78 is 12.0. The molecule has 2 N–H and O–H groups in total. The fourth-order valence-corrected chi connectivity index (χ4v) is 2.88. The van der Waals surface area contributed by atoms with Gasteiger partial charge < -0.3 is 15.2 Å². The van der Waals surface area contributed by atoms with Crippen LogP contribution in [0.15, 0.2) is 22.7 Å². The van der Waals surface area contributed by atoms with Gasteiger partial charge >= 0.3 is 0 Å². The highest BCUT2D eigenvalue weighted by Crippen LogP contribution is 2.28. The fraction of sp³-hybridized carbons (Fsp3) is 0.571. The Balaban J connectivity index is 2.06. The molecule has 18 heavy (non-hydrogen) atoms. The average Bonchev–Trinajstić information content (AvgIpc) is 2.76. The first-order chi connectivity index (χ1) is 8.60. The van der Waals surface area contributed by atoms with E-state index in [2.05, 4.69) is 28.9 Å². The number of nitrogens with two attached hydrogens (primary N) is 1. The molecule has 3 atom stereocenters. The Morgan fingerprint density at radius 3 is 2.94 bits per heavy atom. The van der Waals surface area contributed by atoms with Crippen molar-refractivity contribution >= 4 is 15.9 Å². The highest BCUT2D eigenvalue weighted by molar-refractivity contribution is 9.10. The number of hydrogen-bond donors (Lipinski definition) is 1. The van der Waals surface area contributed by atoms with Gasteiger partial charge in [0.25, 0.3) is 0 Å². The van der Waals surface area contributed by atoms with Crippen LogP contribution in [0.2, 0.25) is 0 Å². The molecule has 2 rings (SSSR count). The molecule has 100 valence electrons. The topological polar surface area (TPSA) is 44.5 Å². The van der Waals surface area contributed by atoms with Crippen LogP contribution in [0.1, 0.15) is 18.9 Å². The first-order valence-corrected chi connectivity index (χ1v) is 7.09.